The molecule has 1 saturated heterocycles. The minimum atomic E-state index is -3.71. The summed E-state index contributed by atoms with van der Waals surface area (Å²) in [5.74, 6) is -0.582. The minimum absolute atomic E-state index is 0.0542. The van der Waals surface area contributed by atoms with Gasteiger partial charge in [-0.1, -0.05) is 6.07 Å². The Morgan fingerprint density at radius 3 is 2.67 bits per heavy atom. The Labute approximate surface area is 163 Å². The smallest absolute Gasteiger partial charge is 0.338 e. The number of carbonyl (C=O) groups is 1. The molecule has 0 unspecified atom stereocenters. The number of ether oxygens (including phenoxy) is 2. The van der Waals surface area contributed by atoms with Crippen LogP contribution in [-0.2, 0) is 26.1 Å². The van der Waals surface area contributed by atoms with Crippen molar-refractivity contribution in [2.75, 3.05) is 13.1 Å². The maximum absolute atomic E-state index is 12.9. The van der Waals surface area contributed by atoms with Gasteiger partial charge in [0.2, 0.25) is 10.0 Å². The lowest BCUT2D eigenvalue weighted by atomic mass is 10.2. The van der Waals surface area contributed by atoms with E-state index in [1.807, 2.05) is 26.2 Å². The van der Waals surface area contributed by atoms with Crippen LogP contribution in [0.1, 0.15) is 34.9 Å². The van der Waals surface area contributed by atoms with E-state index in [0.717, 1.165) is 5.01 Å². The third-order valence-corrected chi connectivity index (χ3v) is 6.76. The van der Waals surface area contributed by atoms with Crippen LogP contribution in [0.3, 0.4) is 0 Å². The molecule has 2 atom stereocenters. The lowest BCUT2D eigenvalue weighted by molar-refractivity contribution is -0.0440. The second kappa shape index (κ2) is 8.05. The number of aromatic nitrogens is 1. The predicted molar refractivity (Wildman–Crippen MR) is 101 cm³/mol. The molecule has 0 amide bonds. The van der Waals surface area contributed by atoms with E-state index in [1.165, 1.54) is 33.8 Å². The van der Waals surface area contributed by atoms with E-state index >= 15 is 0 Å². The number of rotatable bonds is 5. The van der Waals surface area contributed by atoms with Gasteiger partial charge in [0.1, 0.15) is 6.61 Å². The normalized spacial score (nSPS) is 21.1. The summed E-state index contributed by atoms with van der Waals surface area (Å²) < 4.78 is 38.1. The predicted octanol–water partition coefficient (Wildman–Crippen LogP) is 2.61. The number of benzene rings is 1. The average Bonchev–Trinajstić information content (AvgIpc) is 3.04. The highest BCUT2D eigenvalue weighted by molar-refractivity contribution is 7.89. The second-order valence-electron chi connectivity index (χ2n) is 6.54. The maximum atomic E-state index is 12.9. The lowest BCUT2D eigenvalue weighted by Gasteiger charge is -2.34. The Morgan fingerprint density at radius 1 is 1.33 bits per heavy atom. The Morgan fingerprint density at radius 2 is 2.04 bits per heavy atom. The van der Waals surface area contributed by atoms with Gasteiger partial charge in [-0.05, 0) is 39.0 Å². The number of hydrogen-bond donors (Lipinski definition) is 0. The summed E-state index contributed by atoms with van der Waals surface area (Å²) in [6.07, 6.45) is -0.364. The van der Waals surface area contributed by atoms with E-state index < -0.39 is 16.0 Å². The number of thiazole rings is 1. The largest absolute Gasteiger partial charge is 0.456 e. The maximum Gasteiger partial charge on any atom is 0.338 e. The Hall–Kier alpha value is -1.81. The highest BCUT2D eigenvalue weighted by Crippen LogP contribution is 2.22. The summed E-state index contributed by atoms with van der Waals surface area (Å²) in [4.78, 5) is 16.6. The van der Waals surface area contributed by atoms with Crippen LogP contribution >= 0.6 is 11.3 Å². The van der Waals surface area contributed by atoms with Crippen LogP contribution < -0.4 is 0 Å². The van der Waals surface area contributed by atoms with E-state index in [2.05, 4.69) is 4.98 Å². The molecule has 0 spiro atoms. The van der Waals surface area contributed by atoms with Crippen molar-refractivity contribution in [3.05, 3.63) is 45.9 Å². The minimum Gasteiger partial charge on any atom is -0.456 e. The fraction of sp³-hybridized carbons (Fsp3) is 0.444. The monoisotopic (exact) mass is 410 g/mol. The van der Waals surface area contributed by atoms with Crippen molar-refractivity contribution >= 4 is 27.3 Å². The number of hydrogen-bond acceptors (Lipinski definition) is 7. The van der Waals surface area contributed by atoms with Gasteiger partial charge in [-0.15, -0.1) is 11.3 Å². The van der Waals surface area contributed by atoms with Gasteiger partial charge < -0.3 is 9.47 Å². The zero-order chi connectivity index (χ0) is 19.6. The molecular weight excluding hydrogens is 388 g/mol. The van der Waals surface area contributed by atoms with Crippen LogP contribution in [0.4, 0.5) is 0 Å². The molecule has 1 aromatic heterocycles. The van der Waals surface area contributed by atoms with Gasteiger partial charge in [0.05, 0.1) is 33.4 Å². The van der Waals surface area contributed by atoms with Gasteiger partial charge in [0.25, 0.3) is 0 Å². The van der Waals surface area contributed by atoms with Crippen LogP contribution in [0.5, 0.6) is 0 Å². The molecule has 0 radical (unpaired) electrons. The highest BCUT2D eigenvalue weighted by atomic mass is 32.2. The number of esters is 1. The molecule has 146 valence electrons. The zero-order valence-corrected chi connectivity index (χ0v) is 17.0. The first kappa shape index (κ1) is 19.9. The van der Waals surface area contributed by atoms with Gasteiger partial charge in [-0.2, -0.15) is 4.31 Å². The molecule has 9 heteroatoms. The number of carbonyl (C=O) groups excluding carboxylic acids is 1. The molecular formula is C18H22N2O5S2. The summed E-state index contributed by atoms with van der Waals surface area (Å²) >= 11 is 1.48. The van der Waals surface area contributed by atoms with E-state index in [1.54, 1.807) is 6.07 Å². The van der Waals surface area contributed by atoms with E-state index in [4.69, 9.17) is 9.47 Å². The van der Waals surface area contributed by atoms with E-state index in [9.17, 15) is 13.2 Å². The van der Waals surface area contributed by atoms with Crippen LogP contribution in [-0.4, -0.2) is 49.0 Å². The molecule has 3 rings (SSSR count). The summed E-state index contributed by atoms with van der Waals surface area (Å²) in [5, 5.41) is 2.72. The highest BCUT2D eigenvalue weighted by Gasteiger charge is 2.32. The van der Waals surface area contributed by atoms with Gasteiger partial charge in [0.15, 0.2) is 0 Å². The molecule has 2 heterocycles. The van der Waals surface area contributed by atoms with Gasteiger partial charge >= 0.3 is 5.97 Å². The van der Waals surface area contributed by atoms with E-state index in [0.29, 0.717) is 5.69 Å². The molecule has 0 N–H and O–H groups in total. The van der Waals surface area contributed by atoms with Crippen molar-refractivity contribution in [3.63, 3.8) is 0 Å². The fourth-order valence-electron chi connectivity index (χ4n) is 2.96. The molecule has 0 bridgehead atoms. The van der Waals surface area contributed by atoms with Crippen molar-refractivity contribution in [2.24, 2.45) is 0 Å². The first-order valence-corrected chi connectivity index (χ1v) is 10.9. The summed E-state index contributed by atoms with van der Waals surface area (Å²) in [7, 11) is -3.71. The summed E-state index contributed by atoms with van der Waals surface area (Å²) in [6, 6.07) is 5.93. The average molecular weight is 411 g/mol. The number of nitrogens with zero attached hydrogens (tertiary/aromatic N) is 2. The van der Waals surface area contributed by atoms with Crippen LogP contribution in [0.15, 0.2) is 34.5 Å². The third kappa shape index (κ3) is 4.73. The van der Waals surface area contributed by atoms with Gasteiger partial charge in [0, 0.05) is 18.5 Å². The first-order valence-electron chi connectivity index (χ1n) is 8.59. The third-order valence-electron chi connectivity index (χ3n) is 4.11. The molecule has 7 nitrogen and oxygen atoms in total. The van der Waals surface area contributed by atoms with Crippen LogP contribution in [0, 0.1) is 6.92 Å². The Kier molecular flexibility index (Phi) is 5.95. The lowest BCUT2D eigenvalue weighted by Crippen LogP contribution is -2.48. The number of morpholine rings is 1. The van der Waals surface area contributed by atoms with E-state index in [-0.39, 0.29) is 42.4 Å². The van der Waals surface area contributed by atoms with Gasteiger partial charge in [-0.3, -0.25) is 0 Å². The van der Waals surface area contributed by atoms with Crippen molar-refractivity contribution in [1.82, 2.24) is 9.29 Å². The topological polar surface area (TPSA) is 85.8 Å². The molecule has 1 aliphatic rings. The van der Waals surface area contributed by atoms with Crippen molar-refractivity contribution in [1.29, 1.82) is 0 Å². The Balaban J connectivity index is 1.75. The van der Waals surface area contributed by atoms with Crippen LogP contribution in [0.2, 0.25) is 0 Å². The zero-order valence-electron chi connectivity index (χ0n) is 15.4. The molecule has 0 saturated carbocycles. The van der Waals surface area contributed by atoms with Crippen molar-refractivity contribution < 1.29 is 22.7 Å². The molecule has 1 aromatic carbocycles. The summed E-state index contributed by atoms with van der Waals surface area (Å²) in [6.45, 7) is 6.17. The second-order valence-corrected chi connectivity index (χ2v) is 9.54. The number of sulfonamides is 1. The van der Waals surface area contributed by atoms with Crippen molar-refractivity contribution in [2.45, 2.75) is 44.5 Å². The van der Waals surface area contributed by atoms with Crippen molar-refractivity contribution in [3.8, 4) is 0 Å². The molecule has 2 aromatic rings. The SMILES string of the molecule is Cc1nc(COC(=O)c2cccc(S(=O)(=O)N3C[C@H](C)O[C@@H](C)C3)c2)cs1. The fourth-order valence-corrected chi connectivity index (χ4v) is 5.19. The standard InChI is InChI=1S/C18H22N2O5S2/c1-12-8-20(9-13(2)25-12)27(22,23)17-6-4-5-15(7-17)18(21)24-10-16-11-26-14(3)19-16/h4-7,11-13H,8-10H2,1-3H3/t12-,13-/m0/s1. The quantitative estimate of drug-likeness (QED) is 0.705. The summed E-state index contributed by atoms with van der Waals surface area (Å²) in [5.41, 5.74) is 0.864. The molecule has 1 fully saturated rings. The van der Waals surface area contributed by atoms with Crippen LogP contribution in [0.25, 0.3) is 0 Å². The molecule has 0 aliphatic carbocycles. The Bertz CT molecular complexity index is 915. The molecule has 27 heavy (non-hydrogen) atoms. The number of aryl methyl sites for hydroxylation is 1. The van der Waals surface area contributed by atoms with Gasteiger partial charge in [-0.25, -0.2) is 18.2 Å². The molecule has 1 aliphatic heterocycles. The first-order chi connectivity index (χ1) is 12.8.